The number of rotatable bonds is 2. The Morgan fingerprint density at radius 1 is 1.05 bits per heavy atom. The van der Waals surface area contributed by atoms with E-state index in [0.29, 0.717) is 11.1 Å². The number of hydrogen-bond donors (Lipinski definition) is 1. The second-order valence-corrected chi connectivity index (χ2v) is 6.34. The summed E-state index contributed by atoms with van der Waals surface area (Å²) in [5.74, 6) is 0.371. The number of hydrogen-bond acceptors (Lipinski definition) is 1. The summed E-state index contributed by atoms with van der Waals surface area (Å²) in [5, 5.41) is 11.1. The van der Waals surface area contributed by atoms with Gasteiger partial charge in [0.05, 0.1) is 0 Å². The number of benzene rings is 2. The lowest BCUT2D eigenvalue weighted by Gasteiger charge is -2.22. The standard InChI is InChI=1S/C17H19BrO/c1-17(2,3)14-9-13(11-18)16(19)15(10-14)12-7-5-4-6-8-12/h4-10,19H,11H2,1-3H3. The van der Waals surface area contributed by atoms with Crippen molar-refractivity contribution in [2.45, 2.75) is 31.5 Å². The van der Waals surface area contributed by atoms with Gasteiger partial charge in [-0.15, -0.1) is 0 Å². The van der Waals surface area contributed by atoms with Crippen molar-refractivity contribution in [2.75, 3.05) is 0 Å². The molecule has 100 valence electrons. The van der Waals surface area contributed by atoms with E-state index < -0.39 is 0 Å². The van der Waals surface area contributed by atoms with Crippen LogP contribution in [-0.2, 0) is 10.7 Å². The summed E-state index contributed by atoms with van der Waals surface area (Å²) in [6.45, 7) is 6.56. The minimum Gasteiger partial charge on any atom is -0.507 e. The van der Waals surface area contributed by atoms with E-state index in [1.54, 1.807) is 0 Å². The van der Waals surface area contributed by atoms with Crippen LogP contribution in [0, 0.1) is 0 Å². The molecule has 0 amide bonds. The lowest BCUT2D eigenvalue weighted by molar-refractivity contribution is 0.471. The molecule has 19 heavy (non-hydrogen) atoms. The number of alkyl halides is 1. The topological polar surface area (TPSA) is 20.2 Å². The van der Waals surface area contributed by atoms with Crippen LogP contribution in [0.25, 0.3) is 11.1 Å². The molecular formula is C17H19BrO. The SMILES string of the molecule is CC(C)(C)c1cc(CBr)c(O)c(-c2ccccc2)c1. The Bertz CT molecular complexity index is 568. The maximum absolute atomic E-state index is 10.4. The summed E-state index contributed by atoms with van der Waals surface area (Å²) < 4.78 is 0. The predicted octanol–water partition coefficient (Wildman–Crippen LogP) is 5.25. The van der Waals surface area contributed by atoms with Crippen LogP contribution in [-0.4, -0.2) is 5.11 Å². The van der Waals surface area contributed by atoms with Gasteiger partial charge in [-0.05, 0) is 22.6 Å². The van der Waals surface area contributed by atoms with Gasteiger partial charge in [0.15, 0.2) is 0 Å². The van der Waals surface area contributed by atoms with Crippen molar-refractivity contribution >= 4 is 15.9 Å². The van der Waals surface area contributed by atoms with Crippen LogP contribution in [0.3, 0.4) is 0 Å². The Hall–Kier alpha value is -1.28. The van der Waals surface area contributed by atoms with Crippen LogP contribution in [0.15, 0.2) is 42.5 Å². The molecule has 2 aromatic carbocycles. The van der Waals surface area contributed by atoms with Crippen molar-refractivity contribution in [3.8, 4) is 16.9 Å². The summed E-state index contributed by atoms with van der Waals surface area (Å²) in [6.07, 6.45) is 0. The molecule has 0 unspecified atom stereocenters. The molecule has 0 aliphatic carbocycles. The first kappa shape index (κ1) is 14.1. The van der Waals surface area contributed by atoms with E-state index >= 15 is 0 Å². The number of phenolic OH excluding ortho intramolecular Hbond substituents is 1. The van der Waals surface area contributed by atoms with Gasteiger partial charge >= 0.3 is 0 Å². The largest absolute Gasteiger partial charge is 0.507 e. The minimum atomic E-state index is 0.0636. The van der Waals surface area contributed by atoms with Gasteiger partial charge in [-0.3, -0.25) is 0 Å². The van der Waals surface area contributed by atoms with Crippen LogP contribution in [0.5, 0.6) is 5.75 Å². The molecule has 1 N–H and O–H groups in total. The van der Waals surface area contributed by atoms with Crippen LogP contribution in [0.1, 0.15) is 31.9 Å². The zero-order valence-corrected chi connectivity index (χ0v) is 13.2. The average molecular weight is 319 g/mol. The summed E-state index contributed by atoms with van der Waals surface area (Å²) in [5.41, 5.74) is 4.19. The predicted molar refractivity (Wildman–Crippen MR) is 84.9 cm³/mol. The molecule has 0 aromatic heterocycles. The monoisotopic (exact) mass is 318 g/mol. The van der Waals surface area contributed by atoms with Gasteiger partial charge in [0.25, 0.3) is 0 Å². The molecule has 0 spiro atoms. The first-order valence-corrected chi connectivity index (χ1v) is 7.53. The second-order valence-electron chi connectivity index (χ2n) is 5.78. The van der Waals surface area contributed by atoms with Crippen molar-refractivity contribution in [3.05, 3.63) is 53.6 Å². The van der Waals surface area contributed by atoms with Gasteiger partial charge in [0.1, 0.15) is 5.75 Å². The molecule has 0 radical (unpaired) electrons. The highest BCUT2D eigenvalue weighted by Gasteiger charge is 2.18. The van der Waals surface area contributed by atoms with Crippen molar-refractivity contribution < 1.29 is 5.11 Å². The summed E-state index contributed by atoms with van der Waals surface area (Å²) >= 11 is 3.46. The molecule has 0 saturated heterocycles. The number of aromatic hydroxyl groups is 1. The fourth-order valence-corrected chi connectivity index (χ4v) is 2.49. The molecule has 0 aliphatic heterocycles. The highest BCUT2D eigenvalue weighted by atomic mass is 79.9. The third-order valence-corrected chi connectivity index (χ3v) is 3.89. The van der Waals surface area contributed by atoms with Gasteiger partial charge in [0.2, 0.25) is 0 Å². The smallest absolute Gasteiger partial charge is 0.127 e. The normalized spacial score (nSPS) is 11.6. The highest BCUT2D eigenvalue weighted by molar-refractivity contribution is 9.08. The Morgan fingerprint density at radius 2 is 1.68 bits per heavy atom. The van der Waals surface area contributed by atoms with Gasteiger partial charge in [-0.1, -0.05) is 73.1 Å². The summed E-state index contributed by atoms with van der Waals surface area (Å²) in [4.78, 5) is 0. The first-order chi connectivity index (χ1) is 8.93. The van der Waals surface area contributed by atoms with Gasteiger partial charge < -0.3 is 5.11 Å². The lowest BCUT2D eigenvalue weighted by Crippen LogP contribution is -2.11. The van der Waals surface area contributed by atoms with Gasteiger partial charge in [-0.25, -0.2) is 0 Å². The van der Waals surface area contributed by atoms with E-state index in [2.05, 4.69) is 48.8 Å². The number of halogens is 1. The summed E-state index contributed by atoms with van der Waals surface area (Å²) in [6, 6.07) is 14.2. The molecule has 2 heteroatoms. The van der Waals surface area contributed by atoms with E-state index in [0.717, 1.165) is 16.7 Å². The van der Waals surface area contributed by atoms with E-state index in [4.69, 9.17) is 0 Å². The first-order valence-electron chi connectivity index (χ1n) is 6.41. The third-order valence-electron chi connectivity index (χ3n) is 3.28. The van der Waals surface area contributed by atoms with E-state index in [1.165, 1.54) is 5.56 Å². The molecule has 2 aromatic rings. The van der Waals surface area contributed by atoms with Crippen LogP contribution >= 0.6 is 15.9 Å². The fraction of sp³-hybridized carbons (Fsp3) is 0.294. The quantitative estimate of drug-likeness (QED) is 0.749. The molecule has 0 saturated carbocycles. The van der Waals surface area contributed by atoms with Crippen LogP contribution in [0.2, 0.25) is 0 Å². The zero-order valence-electron chi connectivity index (χ0n) is 11.6. The Kier molecular flexibility index (Phi) is 4.00. The molecule has 0 fully saturated rings. The van der Waals surface area contributed by atoms with E-state index in [1.807, 2.05) is 30.3 Å². The average Bonchev–Trinajstić information content (AvgIpc) is 2.38. The third kappa shape index (κ3) is 3.01. The summed E-state index contributed by atoms with van der Waals surface area (Å²) in [7, 11) is 0. The van der Waals surface area contributed by atoms with Crippen molar-refractivity contribution in [1.82, 2.24) is 0 Å². The lowest BCUT2D eigenvalue weighted by atomic mass is 9.84. The van der Waals surface area contributed by atoms with Crippen LogP contribution in [0.4, 0.5) is 0 Å². The van der Waals surface area contributed by atoms with Crippen LogP contribution < -0.4 is 0 Å². The minimum absolute atomic E-state index is 0.0636. The Morgan fingerprint density at radius 3 is 2.21 bits per heavy atom. The molecule has 0 aliphatic rings. The van der Waals surface area contributed by atoms with Crippen molar-refractivity contribution in [2.24, 2.45) is 0 Å². The zero-order chi connectivity index (χ0) is 14.0. The van der Waals surface area contributed by atoms with Gasteiger partial charge in [0, 0.05) is 16.5 Å². The van der Waals surface area contributed by atoms with Crippen molar-refractivity contribution in [1.29, 1.82) is 0 Å². The second kappa shape index (κ2) is 5.38. The van der Waals surface area contributed by atoms with Gasteiger partial charge in [-0.2, -0.15) is 0 Å². The van der Waals surface area contributed by atoms with E-state index in [9.17, 15) is 5.11 Å². The fourth-order valence-electron chi connectivity index (χ4n) is 2.07. The van der Waals surface area contributed by atoms with E-state index in [-0.39, 0.29) is 5.41 Å². The maximum atomic E-state index is 10.4. The molecule has 2 rings (SSSR count). The maximum Gasteiger partial charge on any atom is 0.127 e. The van der Waals surface area contributed by atoms with Crippen molar-refractivity contribution in [3.63, 3.8) is 0 Å². The Balaban J connectivity index is 2.66. The highest BCUT2D eigenvalue weighted by Crippen LogP contribution is 2.37. The molecule has 0 atom stereocenters. The molecule has 1 nitrogen and oxygen atoms in total. The molecule has 0 heterocycles. The number of phenols is 1. The Labute approximate surface area is 123 Å². The molecular weight excluding hydrogens is 300 g/mol. The molecule has 0 bridgehead atoms.